The van der Waals surface area contributed by atoms with E-state index in [9.17, 15) is 14.4 Å². The second-order valence-corrected chi connectivity index (χ2v) is 6.33. The van der Waals surface area contributed by atoms with Crippen LogP contribution >= 0.6 is 0 Å². The van der Waals surface area contributed by atoms with E-state index in [4.69, 9.17) is 14.2 Å². The Morgan fingerprint density at radius 2 is 1.52 bits per heavy atom. The molecule has 0 spiro atoms. The van der Waals surface area contributed by atoms with E-state index in [-0.39, 0.29) is 17.9 Å². The summed E-state index contributed by atoms with van der Waals surface area (Å²) in [5, 5.41) is 2.46. The molecule has 7 heteroatoms. The number of nitrogens with one attached hydrogen (secondary N) is 1. The summed E-state index contributed by atoms with van der Waals surface area (Å²) in [5.74, 6) is -0.604. The van der Waals surface area contributed by atoms with Crippen LogP contribution in [-0.2, 0) is 16.0 Å². The molecule has 1 amide bonds. The maximum atomic E-state index is 12.4. The monoisotopic (exact) mass is 399 g/mol. The summed E-state index contributed by atoms with van der Waals surface area (Å²) in [6.45, 7) is 3.16. The maximum Gasteiger partial charge on any atom is 0.326 e. The van der Waals surface area contributed by atoms with Crippen molar-refractivity contribution in [3.05, 3.63) is 59.2 Å². The Kier molecular flexibility index (Phi) is 7.77. The first-order valence-corrected chi connectivity index (χ1v) is 9.21. The number of Topliss-reactive ketones (excluding diaryl/α,β-unsaturated/α-hetero) is 1. The topological polar surface area (TPSA) is 90.9 Å². The molecule has 1 atom stereocenters. The van der Waals surface area contributed by atoms with Gasteiger partial charge in [0.25, 0.3) is 5.91 Å². The van der Waals surface area contributed by atoms with Gasteiger partial charge in [-0.05, 0) is 31.0 Å². The minimum atomic E-state index is -0.955. The number of rotatable bonds is 9. The van der Waals surface area contributed by atoms with Crippen LogP contribution in [0.5, 0.6) is 11.5 Å². The van der Waals surface area contributed by atoms with Crippen molar-refractivity contribution in [2.75, 3.05) is 20.8 Å². The number of ether oxygens (including phenoxy) is 3. The number of hydrogen-bond acceptors (Lipinski definition) is 6. The summed E-state index contributed by atoms with van der Waals surface area (Å²) in [6.07, 6.45) is -0.0819. The molecule has 0 aliphatic rings. The van der Waals surface area contributed by atoms with E-state index in [1.807, 2.05) is 19.1 Å². The lowest BCUT2D eigenvalue weighted by Crippen LogP contribution is -2.34. The number of ketones is 1. The molecule has 0 radical (unpaired) electrons. The van der Waals surface area contributed by atoms with Crippen LogP contribution < -0.4 is 14.8 Å². The van der Waals surface area contributed by atoms with E-state index < -0.39 is 18.0 Å². The fraction of sp³-hybridized carbons (Fsp3) is 0.318. The third kappa shape index (κ3) is 6.07. The van der Waals surface area contributed by atoms with Gasteiger partial charge in [0.05, 0.1) is 14.2 Å². The number of carbonyl (C=O) groups excluding carboxylic acids is 3. The molecule has 7 nitrogen and oxygen atoms in total. The molecule has 1 N–H and O–H groups in total. The number of methoxy groups -OCH3 is 2. The molecule has 0 unspecified atom stereocenters. The van der Waals surface area contributed by atoms with Crippen LogP contribution in [0.15, 0.2) is 42.5 Å². The molecule has 154 valence electrons. The predicted octanol–water partition coefficient (Wildman–Crippen LogP) is 2.81. The molecule has 0 aliphatic carbocycles. The fourth-order valence-electron chi connectivity index (χ4n) is 2.62. The smallest absolute Gasteiger partial charge is 0.326 e. The largest absolute Gasteiger partial charge is 0.497 e. The molecule has 0 aromatic heterocycles. The zero-order chi connectivity index (χ0) is 21.4. The number of benzene rings is 2. The van der Waals surface area contributed by atoms with Crippen molar-refractivity contribution in [2.45, 2.75) is 26.4 Å². The van der Waals surface area contributed by atoms with Crippen LogP contribution in [0.1, 0.15) is 40.1 Å². The van der Waals surface area contributed by atoms with Crippen LogP contribution in [0, 0.1) is 0 Å². The molecular formula is C22H25NO6. The summed E-state index contributed by atoms with van der Waals surface area (Å²) in [4.78, 5) is 36.7. The number of esters is 1. The molecule has 0 aliphatic heterocycles. The SMILES string of the molecule is CCc1ccc(C(=O)[C@@H](C)OC(=O)CNC(=O)c2cc(OC)cc(OC)c2)cc1. The van der Waals surface area contributed by atoms with Crippen LogP contribution in [0.2, 0.25) is 0 Å². The minimum absolute atomic E-state index is 0.272. The number of hydrogen-bond donors (Lipinski definition) is 1. The van der Waals surface area contributed by atoms with Gasteiger partial charge in [-0.2, -0.15) is 0 Å². The second kappa shape index (κ2) is 10.3. The van der Waals surface area contributed by atoms with Gasteiger partial charge in [-0.15, -0.1) is 0 Å². The van der Waals surface area contributed by atoms with Gasteiger partial charge in [-0.25, -0.2) is 0 Å². The van der Waals surface area contributed by atoms with Gasteiger partial charge in [0, 0.05) is 17.2 Å². The molecular weight excluding hydrogens is 374 g/mol. The molecule has 29 heavy (non-hydrogen) atoms. The molecule has 0 heterocycles. The summed E-state index contributed by atoms with van der Waals surface area (Å²) in [7, 11) is 2.95. The first-order valence-electron chi connectivity index (χ1n) is 9.21. The molecule has 0 fully saturated rings. The van der Waals surface area contributed by atoms with Crippen molar-refractivity contribution < 1.29 is 28.6 Å². The Labute approximate surface area is 170 Å². The Hall–Kier alpha value is -3.35. The van der Waals surface area contributed by atoms with Crippen LogP contribution in [0.25, 0.3) is 0 Å². The Morgan fingerprint density at radius 3 is 2.03 bits per heavy atom. The van der Waals surface area contributed by atoms with Gasteiger partial charge < -0.3 is 19.5 Å². The van der Waals surface area contributed by atoms with Crippen LogP contribution in [0.4, 0.5) is 0 Å². The quantitative estimate of drug-likeness (QED) is 0.515. The highest BCUT2D eigenvalue weighted by molar-refractivity contribution is 6.00. The van der Waals surface area contributed by atoms with Gasteiger partial charge in [0.1, 0.15) is 18.0 Å². The molecule has 0 saturated carbocycles. The van der Waals surface area contributed by atoms with Crippen molar-refractivity contribution >= 4 is 17.7 Å². The third-order valence-corrected chi connectivity index (χ3v) is 4.33. The highest BCUT2D eigenvalue weighted by Crippen LogP contribution is 2.22. The highest BCUT2D eigenvalue weighted by Gasteiger charge is 2.20. The molecule has 2 aromatic rings. The fourth-order valence-corrected chi connectivity index (χ4v) is 2.62. The Bertz CT molecular complexity index is 853. The first kappa shape index (κ1) is 21.9. The highest BCUT2D eigenvalue weighted by atomic mass is 16.5. The summed E-state index contributed by atoms with van der Waals surface area (Å²) in [5.41, 5.74) is 1.85. The summed E-state index contributed by atoms with van der Waals surface area (Å²) < 4.78 is 15.4. The van der Waals surface area contributed by atoms with Crippen molar-refractivity contribution in [1.29, 1.82) is 0 Å². The van der Waals surface area contributed by atoms with Gasteiger partial charge in [-0.1, -0.05) is 31.2 Å². The van der Waals surface area contributed by atoms with Crippen molar-refractivity contribution in [2.24, 2.45) is 0 Å². The number of aryl methyl sites for hydroxylation is 1. The molecule has 0 bridgehead atoms. The Morgan fingerprint density at radius 1 is 0.931 bits per heavy atom. The standard InChI is InChI=1S/C22H25NO6/c1-5-15-6-8-16(9-7-15)21(25)14(2)29-20(24)13-23-22(26)17-10-18(27-3)12-19(11-17)28-4/h6-12,14H,5,13H2,1-4H3,(H,23,26)/t14-/m1/s1. The normalized spacial score (nSPS) is 11.3. The maximum absolute atomic E-state index is 12.4. The average molecular weight is 399 g/mol. The summed E-state index contributed by atoms with van der Waals surface area (Å²) in [6, 6.07) is 11.8. The predicted molar refractivity (Wildman–Crippen MR) is 108 cm³/mol. The molecule has 0 saturated heterocycles. The van der Waals surface area contributed by atoms with E-state index in [2.05, 4.69) is 5.32 Å². The van der Waals surface area contributed by atoms with Crippen LogP contribution in [-0.4, -0.2) is 44.5 Å². The number of amides is 1. The average Bonchev–Trinajstić information content (AvgIpc) is 2.76. The zero-order valence-corrected chi connectivity index (χ0v) is 17.0. The van der Waals surface area contributed by atoms with Gasteiger partial charge in [0.15, 0.2) is 6.10 Å². The second-order valence-electron chi connectivity index (χ2n) is 6.33. The third-order valence-electron chi connectivity index (χ3n) is 4.33. The van der Waals surface area contributed by atoms with E-state index in [0.717, 1.165) is 12.0 Å². The van der Waals surface area contributed by atoms with Gasteiger partial charge >= 0.3 is 5.97 Å². The lowest BCUT2D eigenvalue weighted by Gasteiger charge is -2.13. The van der Waals surface area contributed by atoms with E-state index in [1.54, 1.807) is 18.2 Å². The first-order chi connectivity index (χ1) is 13.9. The lowest BCUT2D eigenvalue weighted by atomic mass is 10.0. The zero-order valence-electron chi connectivity index (χ0n) is 17.0. The number of carbonyl (C=O) groups is 3. The van der Waals surface area contributed by atoms with Crippen LogP contribution in [0.3, 0.4) is 0 Å². The lowest BCUT2D eigenvalue weighted by molar-refractivity contribution is -0.145. The van der Waals surface area contributed by atoms with E-state index in [0.29, 0.717) is 17.1 Å². The summed E-state index contributed by atoms with van der Waals surface area (Å²) >= 11 is 0. The van der Waals surface area contributed by atoms with Gasteiger partial charge in [0.2, 0.25) is 5.78 Å². The van der Waals surface area contributed by atoms with E-state index in [1.165, 1.54) is 33.3 Å². The molecule has 2 rings (SSSR count). The van der Waals surface area contributed by atoms with Gasteiger partial charge in [-0.3, -0.25) is 14.4 Å². The molecule has 2 aromatic carbocycles. The minimum Gasteiger partial charge on any atom is -0.497 e. The van der Waals surface area contributed by atoms with Crippen molar-refractivity contribution in [3.8, 4) is 11.5 Å². The van der Waals surface area contributed by atoms with E-state index >= 15 is 0 Å². The van der Waals surface area contributed by atoms with Crippen molar-refractivity contribution in [3.63, 3.8) is 0 Å². The van der Waals surface area contributed by atoms with Crippen molar-refractivity contribution in [1.82, 2.24) is 5.32 Å². The Balaban J connectivity index is 1.91.